The van der Waals surface area contributed by atoms with Gasteiger partial charge in [0.25, 0.3) is 0 Å². The van der Waals surface area contributed by atoms with Crippen molar-refractivity contribution in [1.82, 2.24) is 8.61 Å². The van der Waals surface area contributed by atoms with Gasteiger partial charge in [0.1, 0.15) is 6.04 Å². The average Bonchev–Trinajstić information content (AvgIpc) is 2.86. The van der Waals surface area contributed by atoms with Gasteiger partial charge in [-0.1, -0.05) is 52.3 Å². The van der Waals surface area contributed by atoms with Gasteiger partial charge in [-0.3, -0.25) is 4.79 Å². The van der Waals surface area contributed by atoms with E-state index in [1.165, 1.54) is 24.3 Å². The Kier molecular flexibility index (Phi) is 7.20. The van der Waals surface area contributed by atoms with E-state index in [4.69, 9.17) is 0 Å². The molecule has 3 aromatic carbocycles. The number of amides is 1. The van der Waals surface area contributed by atoms with Crippen LogP contribution in [0, 0.1) is 0 Å². The Hall–Kier alpha value is -2.57. The van der Waals surface area contributed by atoms with Crippen LogP contribution in [0.2, 0.25) is 0 Å². The van der Waals surface area contributed by atoms with Crippen molar-refractivity contribution < 1.29 is 21.6 Å². The Morgan fingerprint density at radius 3 is 1.85 bits per heavy atom. The van der Waals surface area contributed by atoms with Crippen LogP contribution in [0.3, 0.4) is 0 Å². The molecule has 178 valence electrons. The SMILES string of the molecule is O=C(Nc1ccc(Br)cc1)[C@@H]1CN(S(=O)(=O)c2ccccc2)CCN1S(=O)(=O)c1ccccc1. The summed E-state index contributed by atoms with van der Waals surface area (Å²) in [7, 11) is -7.96. The molecule has 11 heteroatoms. The molecule has 0 radical (unpaired) electrons. The summed E-state index contributed by atoms with van der Waals surface area (Å²) in [5.74, 6) is -0.616. The van der Waals surface area contributed by atoms with Gasteiger partial charge in [0.15, 0.2) is 0 Å². The molecule has 0 aromatic heterocycles. The van der Waals surface area contributed by atoms with Crippen LogP contribution in [-0.2, 0) is 24.8 Å². The largest absolute Gasteiger partial charge is 0.325 e. The van der Waals surface area contributed by atoms with Crippen molar-refractivity contribution in [3.63, 3.8) is 0 Å². The van der Waals surface area contributed by atoms with Crippen molar-refractivity contribution in [2.24, 2.45) is 0 Å². The number of nitrogens with zero attached hydrogens (tertiary/aromatic N) is 2. The summed E-state index contributed by atoms with van der Waals surface area (Å²) in [6.07, 6.45) is 0. The third-order valence-corrected chi connectivity index (χ3v) is 9.77. The average molecular weight is 564 g/mol. The van der Waals surface area contributed by atoms with E-state index in [1.54, 1.807) is 60.7 Å². The molecule has 4 rings (SSSR count). The third kappa shape index (κ3) is 5.08. The Labute approximate surface area is 207 Å². The van der Waals surface area contributed by atoms with E-state index in [-0.39, 0.29) is 29.4 Å². The Morgan fingerprint density at radius 1 is 0.765 bits per heavy atom. The standard InChI is InChI=1S/C23H22BrN3O5S2/c24-18-11-13-19(14-12-18)25-23(28)22-17-26(33(29,30)20-7-3-1-4-8-20)15-16-27(22)34(31,32)21-9-5-2-6-10-21/h1-14,22H,15-17H2,(H,25,28)/t22-/m0/s1. The van der Waals surface area contributed by atoms with Gasteiger partial charge in [-0.25, -0.2) is 16.8 Å². The molecule has 34 heavy (non-hydrogen) atoms. The number of piperazine rings is 1. The van der Waals surface area contributed by atoms with Crippen molar-refractivity contribution in [2.75, 3.05) is 25.0 Å². The second-order valence-electron chi connectivity index (χ2n) is 7.62. The van der Waals surface area contributed by atoms with Crippen LogP contribution in [-0.4, -0.2) is 57.0 Å². The number of hydrogen-bond acceptors (Lipinski definition) is 5. The van der Waals surface area contributed by atoms with Crippen LogP contribution in [0.4, 0.5) is 5.69 Å². The maximum absolute atomic E-state index is 13.4. The molecule has 0 saturated carbocycles. The number of nitrogens with one attached hydrogen (secondary N) is 1. The number of benzene rings is 3. The lowest BCUT2D eigenvalue weighted by Crippen LogP contribution is -2.60. The molecule has 1 aliphatic rings. The molecule has 1 fully saturated rings. The molecule has 1 saturated heterocycles. The minimum Gasteiger partial charge on any atom is -0.325 e. The molecule has 1 heterocycles. The summed E-state index contributed by atoms with van der Waals surface area (Å²) >= 11 is 3.33. The first-order valence-corrected chi connectivity index (χ1v) is 14.1. The highest BCUT2D eigenvalue weighted by Gasteiger charge is 2.43. The third-order valence-electron chi connectivity index (χ3n) is 5.44. The molecule has 0 unspecified atom stereocenters. The quantitative estimate of drug-likeness (QED) is 0.496. The molecule has 3 aromatic rings. The number of rotatable bonds is 6. The van der Waals surface area contributed by atoms with Crippen molar-refractivity contribution in [3.05, 3.63) is 89.4 Å². The monoisotopic (exact) mass is 563 g/mol. The number of carbonyl (C=O) groups is 1. The predicted molar refractivity (Wildman–Crippen MR) is 132 cm³/mol. The molecule has 1 amide bonds. The van der Waals surface area contributed by atoms with E-state index in [9.17, 15) is 21.6 Å². The minimum absolute atomic E-state index is 0.0378. The molecule has 0 bridgehead atoms. The Morgan fingerprint density at radius 2 is 1.29 bits per heavy atom. The fourth-order valence-electron chi connectivity index (χ4n) is 3.69. The van der Waals surface area contributed by atoms with Gasteiger partial charge in [-0.15, -0.1) is 0 Å². The lowest BCUT2D eigenvalue weighted by Gasteiger charge is -2.38. The lowest BCUT2D eigenvalue weighted by atomic mass is 10.2. The van der Waals surface area contributed by atoms with E-state index in [2.05, 4.69) is 21.2 Å². The molecule has 0 spiro atoms. The minimum atomic E-state index is -4.05. The van der Waals surface area contributed by atoms with Gasteiger partial charge in [0.05, 0.1) is 9.79 Å². The summed E-state index contributed by atoms with van der Waals surface area (Å²) in [5.41, 5.74) is 0.466. The van der Waals surface area contributed by atoms with E-state index in [0.717, 1.165) is 13.1 Å². The van der Waals surface area contributed by atoms with Crippen LogP contribution in [0.1, 0.15) is 0 Å². The van der Waals surface area contributed by atoms with Gasteiger partial charge in [-0.05, 0) is 48.5 Å². The first-order chi connectivity index (χ1) is 16.2. The van der Waals surface area contributed by atoms with Crippen molar-refractivity contribution in [2.45, 2.75) is 15.8 Å². The first kappa shape index (κ1) is 24.6. The topological polar surface area (TPSA) is 104 Å². The van der Waals surface area contributed by atoms with E-state index < -0.39 is 32.0 Å². The molecular weight excluding hydrogens is 542 g/mol. The second kappa shape index (κ2) is 9.96. The van der Waals surface area contributed by atoms with Gasteiger partial charge >= 0.3 is 0 Å². The van der Waals surface area contributed by atoms with Crippen molar-refractivity contribution >= 4 is 47.6 Å². The summed E-state index contributed by atoms with van der Waals surface area (Å²) in [5, 5.41) is 2.72. The highest BCUT2D eigenvalue weighted by atomic mass is 79.9. The van der Waals surface area contributed by atoms with Crippen molar-refractivity contribution in [3.8, 4) is 0 Å². The first-order valence-electron chi connectivity index (χ1n) is 10.4. The van der Waals surface area contributed by atoms with Gasteiger partial charge in [0, 0.05) is 29.8 Å². The van der Waals surface area contributed by atoms with Crippen LogP contribution in [0.15, 0.2) is 99.2 Å². The Balaban J connectivity index is 1.68. The summed E-state index contributed by atoms with van der Waals surface area (Å²) in [6.45, 7) is -0.557. The molecule has 8 nitrogen and oxygen atoms in total. The van der Waals surface area contributed by atoms with Crippen LogP contribution < -0.4 is 5.32 Å². The zero-order valence-corrected chi connectivity index (χ0v) is 21.1. The predicted octanol–water partition coefficient (Wildman–Crippen LogP) is 3.15. The zero-order chi connectivity index (χ0) is 24.3. The van der Waals surface area contributed by atoms with Crippen LogP contribution >= 0.6 is 15.9 Å². The van der Waals surface area contributed by atoms with Crippen LogP contribution in [0.5, 0.6) is 0 Å². The van der Waals surface area contributed by atoms with E-state index in [0.29, 0.717) is 5.69 Å². The maximum Gasteiger partial charge on any atom is 0.244 e. The van der Waals surface area contributed by atoms with Crippen molar-refractivity contribution in [1.29, 1.82) is 0 Å². The summed E-state index contributed by atoms with van der Waals surface area (Å²) < 4.78 is 56.2. The number of anilines is 1. The number of halogens is 1. The summed E-state index contributed by atoms with van der Waals surface area (Å²) in [6, 6.07) is 21.2. The number of hydrogen-bond donors (Lipinski definition) is 1. The van der Waals surface area contributed by atoms with E-state index >= 15 is 0 Å². The van der Waals surface area contributed by atoms with Crippen LogP contribution in [0.25, 0.3) is 0 Å². The molecule has 0 aliphatic carbocycles. The van der Waals surface area contributed by atoms with Gasteiger partial charge in [-0.2, -0.15) is 8.61 Å². The second-order valence-corrected chi connectivity index (χ2v) is 12.4. The normalized spacial score (nSPS) is 17.9. The van der Waals surface area contributed by atoms with E-state index in [1.807, 2.05) is 0 Å². The number of sulfonamides is 2. The fraction of sp³-hybridized carbons (Fsp3) is 0.174. The highest BCUT2D eigenvalue weighted by Crippen LogP contribution is 2.26. The number of carbonyl (C=O) groups excluding carboxylic acids is 1. The molecule has 1 atom stereocenters. The summed E-state index contributed by atoms with van der Waals surface area (Å²) in [4.78, 5) is 13.4. The Bertz CT molecular complexity index is 1370. The van der Waals surface area contributed by atoms with Gasteiger partial charge in [0.2, 0.25) is 26.0 Å². The zero-order valence-electron chi connectivity index (χ0n) is 17.9. The van der Waals surface area contributed by atoms with Gasteiger partial charge < -0.3 is 5.32 Å². The highest BCUT2D eigenvalue weighted by molar-refractivity contribution is 9.10. The molecular formula is C23H22BrN3O5S2. The lowest BCUT2D eigenvalue weighted by molar-refractivity contribution is -0.120. The fourth-order valence-corrected chi connectivity index (χ4v) is 7.00. The molecule has 1 N–H and O–H groups in total. The maximum atomic E-state index is 13.4. The smallest absolute Gasteiger partial charge is 0.244 e. The molecule has 1 aliphatic heterocycles.